The summed E-state index contributed by atoms with van der Waals surface area (Å²) in [5.74, 6) is 0.627. The minimum absolute atomic E-state index is 0.126. The van der Waals surface area contributed by atoms with Crippen LogP contribution in [-0.4, -0.2) is 19.6 Å². The van der Waals surface area contributed by atoms with Crippen molar-refractivity contribution in [3.63, 3.8) is 0 Å². The van der Waals surface area contributed by atoms with E-state index < -0.39 is 0 Å². The summed E-state index contributed by atoms with van der Waals surface area (Å²) >= 11 is 6.27. The Morgan fingerprint density at radius 3 is 2.47 bits per heavy atom. The molecule has 1 aromatic rings. The molecule has 0 heterocycles. The van der Waals surface area contributed by atoms with Gasteiger partial charge in [-0.25, -0.2) is 0 Å². The average molecular weight is 255 g/mol. The van der Waals surface area contributed by atoms with Crippen molar-refractivity contribution in [2.45, 2.75) is 33.2 Å². The van der Waals surface area contributed by atoms with E-state index in [0.717, 1.165) is 23.6 Å². The molecule has 0 amide bonds. The monoisotopic (exact) mass is 254 g/mol. The zero-order valence-corrected chi connectivity index (χ0v) is 12.0. The molecule has 2 nitrogen and oxygen atoms in total. The lowest BCUT2D eigenvalue weighted by atomic mass is 10.0. The van der Waals surface area contributed by atoms with E-state index in [9.17, 15) is 0 Å². The summed E-state index contributed by atoms with van der Waals surface area (Å²) in [4.78, 5) is 2.26. The van der Waals surface area contributed by atoms with Crippen molar-refractivity contribution in [1.29, 1.82) is 0 Å². The largest absolute Gasteiger partial charge is 0.374 e. The van der Waals surface area contributed by atoms with E-state index in [1.54, 1.807) is 0 Å². The Balaban J connectivity index is 3.01. The Labute approximate surface area is 110 Å². The van der Waals surface area contributed by atoms with Gasteiger partial charge in [0.25, 0.3) is 0 Å². The second-order valence-corrected chi connectivity index (χ2v) is 5.60. The second-order valence-electron chi connectivity index (χ2n) is 5.19. The number of hydrogen-bond donors (Lipinski definition) is 1. The third-order valence-electron chi connectivity index (χ3n) is 2.67. The van der Waals surface area contributed by atoms with E-state index in [1.165, 1.54) is 5.69 Å². The summed E-state index contributed by atoms with van der Waals surface area (Å²) in [5, 5.41) is 0.815. The van der Waals surface area contributed by atoms with Gasteiger partial charge in [0.05, 0.1) is 0 Å². The highest BCUT2D eigenvalue weighted by Gasteiger charge is 2.13. The van der Waals surface area contributed by atoms with E-state index in [2.05, 4.69) is 31.9 Å². The Bertz CT molecular complexity index is 361. The zero-order chi connectivity index (χ0) is 13.0. The maximum atomic E-state index is 6.27. The first-order valence-electron chi connectivity index (χ1n) is 6.16. The highest BCUT2D eigenvalue weighted by molar-refractivity contribution is 6.31. The molecule has 0 aromatic heterocycles. The summed E-state index contributed by atoms with van der Waals surface area (Å²) in [5.41, 5.74) is 8.24. The Hall–Kier alpha value is -0.730. The van der Waals surface area contributed by atoms with Crippen LogP contribution in [0.15, 0.2) is 18.2 Å². The van der Waals surface area contributed by atoms with Crippen LogP contribution in [0, 0.1) is 5.92 Å². The fourth-order valence-electron chi connectivity index (χ4n) is 2.08. The van der Waals surface area contributed by atoms with Crippen LogP contribution >= 0.6 is 11.6 Å². The summed E-state index contributed by atoms with van der Waals surface area (Å²) in [6.45, 7) is 7.46. The first-order valence-corrected chi connectivity index (χ1v) is 6.53. The third kappa shape index (κ3) is 4.21. The molecule has 0 saturated heterocycles. The van der Waals surface area contributed by atoms with Crippen LogP contribution in [0.5, 0.6) is 0 Å². The molecule has 1 rings (SSSR count). The van der Waals surface area contributed by atoms with Crippen LogP contribution in [0.2, 0.25) is 5.02 Å². The lowest BCUT2D eigenvalue weighted by Crippen LogP contribution is -2.25. The quantitative estimate of drug-likeness (QED) is 0.874. The van der Waals surface area contributed by atoms with Crippen LogP contribution in [0.25, 0.3) is 0 Å². The zero-order valence-electron chi connectivity index (χ0n) is 11.2. The maximum absolute atomic E-state index is 6.27. The molecule has 0 aliphatic rings. The summed E-state index contributed by atoms with van der Waals surface area (Å²) in [6.07, 6.45) is 0.817. The van der Waals surface area contributed by atoms with Gasteiger partial charge in [0.1, 0.15) is 0 Å². The molecule has 0 saturated carbocycles. The van der Waals surface area contributed by atoms with Gasteiger partial charge in [0, 0.05) is 30.3 Å². The predicted molar refractivity (Wildman–Crippen MR) is 76.9 cm³/mol. The number of halogens is 1. The average Bonchev–Trinajstić information content (AvgIpc) is 2.19. The first-order chi connectivity index (χ1) is 7.91. The van der Waals surface area contributed by atoms with Crippen molar-refractivity contribution in [1.82, 2.24) is 0 Å². The van der Waals surface area contributed by atoms with Gasteiger partial charge in [-0.2, -0.15) is 0 Å². The topological polar surface area (TPSA) is 29.3 Å². The number of hydrogen-bond acceptors (Lipinski definition) is 2. The normalized spacial score (nSPS) is 12.9. The lowest BCUT2D eigenvalue weighted by Gasteiger charge is -2.25. The molecule has 2 N–H and O–H groups in total. The first kappa shape index (κ1) is 14.3. The Morgan fingerprint density at radius 2 is 1.94 bits per heavy atom. The van der Waals surface area contributed by atoms with E-state index in [4.69, 9.17) is 17.3 Å². The molecule has 1 atom stereocenters. The number of rotatable bonds is 5. The van der Waals surface area contributed by atoms with E-state index in [1.807, 2.05) is 19.1 Å². The van der Waals surface area contributed by atoms with Gasteiger partial charge in [0.15, 0.2) is 0 Å². The van der Waals surface area contributed by atoms with Crippen molar-refractivity contribution in [3.8, 4) is 0 Å². The van der Waals surface area contributed by atoms with Crippen molar-refractivity contribution in [2.24, 2.45) is 11.7 Å². The van der Waals surface area contributed by atoms with Gasteiger partial charge in [-0.15, -0.1) is 0 Å². The van der Waals surface area contributed by atoms with Crippen molar-refractivity contribution < 1.29 is 0 Å². The van der Waals surface area contributed by atoms with Gasteiger partial charge >= 0.3 is 0 Å². The fraction of sp³-hybridized carbons (Fsp3) is 0.571. The molecule has 3 heteroatoms. The third-order valence-corrected chi connectivity index (χ3v) is 3.02. The lowest BCUT2D eigenvalue weighted by molar-refractivity contribution is 0.635. The molecule has 0 radical (unpaired) electrons. The van der Waals surface area contributed by atoms with Crippen LogP contribution in [0.4, 0.5) is 5.69 Å². The molecule has 96 valence electrons. The number of nitrogens with zero attached hydrogens (tertiary/aromatic N) is 1. The molecule has 0 aliphatic carbocycles. The predicted octanol–water partition coefficient (Wildman–Crippen LogP) is 3.32. The number of anilines is 1. The minimum atomic E-state index is 0.126. The van der Waals surface area contributed by atoms with Gasteiger partial charge < -0.3 is 10.6 Å². The molecular weight excluding hydrogens is 232 g/mol. The smallest absolute Gasteiger partial charge is 0.0459 e. The molecule has 0 spiro atoms. The second kappa shape index (κ2) is 6.27. The van der Waals surface area contributed by atoms with Crippen LogP contribution in [0.1, 0.15) is 26.3 Å². The molecule has 0 fully saturated rings. The highest BCUT2D eigenvalue weighted by atomic mass is 35.5. The highest BCUT2D eigenvalue weighted by Crippen LogP contribution is 2.28. The van der Waals surface area contributed by atoms with Crippen molar-refractivity contribution in [2.75, 3.05) is 18.5 Å². The van der Waals surface area contributed by atoms with Crippen LogP contribution in [-0.2, 0) is 6.42 Å². The molecule has 1 unspecified atom stereocenters. The minimum Gasteiger partial charge on any atom is -0.374 e. The Kier molecular flexibility index (Phi) is 5.29. The number of nitrogens with two attached hydrogens (primary N) is 1. The van der Waals surface area contributed by atoms with Crippen molar-refractivity contribution >= 4 is 17.3 Å². The molecule has 1 aromatic carbocycles. The van der Waals surface area contributed by atoms with Gasteiger partial charge in [-0.05, 0) is 37.0 Å². The van der Waals surface area contributed by atoms with Gasteiger partial charge in [0.2, 0.25) is 0 Å². The summed E-state index contributed by atoms with van der Waals surface area (Å²) < 4.78 is 0. The number of benzene rings is 1. The fourth-order valence-corrected chi connectivity index (χ4v) is 2.32. The summed E-state index contributed by atoms with van der Waals surface area (Å²) in [7, 11) is 2.11. The SMILES string of the molecule is CC(C)CN(C)c1cccc(Cl)c1CC(C)N. The van der Waals surface area contributed by atoms with Gasteiger partial charge in [-0.1, -0.05) is 31.5 Å². The molecule has 0 aliphatic heterocycles. The van der Waals surface area contributed by atoms with Gasteiger partial charge in [-0.3, -0.25) is 0 Å². The standard InChI is InChI=1S/C14H23ClN2/c1-10(2)9-17(4)14-7-5-6-13(15)12(14)8-11(3)16/h5-7,10-11H,8-9,16H2,1-4H3. The van der Waals surface area contributed by atoms with E-state index in [-0.39, 0.29) is 6.04 Å². The van der Waals surface area contributed by atoms with Crippen molar-refractivity contribution in [3.05, 3.63) is 28.8 Å². The Morgan fingerprint density at radius 1 is 1.29 bits per heavy atom. The molecule has 17 heavy (non-hydrogen) atoms. The van der Waals surface area contributed by atoms with Crippen LogP contribution < -0.4 is 10.6 Å². The summed E-state index contributed by atoms with van der Waals surface area (Å²) in [6, 6.07) is 6.18. The van der Waals surface area contributed by atoms with Crippen LogP contribution in [0.3, 0.4) is 0 Å². The van der Waals surface area contributed by atoms with E-state index in [0.29, 0.717) is 5.92 Å². The maximum Gasteiger partial charge on any atom is 0.0459 e. The van der Waals surface area contributed by atoms with E-state index >= 15 is 0 Å². The molecule has 0 bridgehead atoms. The molecular formula is C14H23ClN2.